The van der Waals surface area contributed by atoms with Gasteiger partial charge in [-0.05, 0) is 40.5 Å². The topological polar surface area (TPSA) is 90.0 Å². The quantitative estimate of drug-likeness (QED) is 0.851. The number of sulfonamides is 1. The molecule has 1 aromatic heterocycles. The monoisotopic (exact) mass is 358 g/mol. The molecule has 0 aliphatic heterocycles. The summed E-state index contributed by atoms with van der Waals surface area (Å²) in [6, 6.07) is 5.44. The van der Waals surface area contributed by atoms with Crippen molar-refractivity contribution in [1.29, 1.82) is 0 Å². The molecule has 1 aromatic carbocycles. The summed E-state index contributed by atoms with van der Waals surface area (Å²) in [6.45, 7) is 2.77. The van der Waals surface area contributed by atoms with Crippen LogP contribution in [0.15, 0.2) is 40.0 Å². The molecule has 0 saturated heterocycles. The lowest BCUT2D eigenvalue weighted by Gasteiger charge is -2.09. The first-order valence-electron chi connectivity index (χ1n) is 5.94. The number of nitrogens with one attached hydrogen (secondary N) is 1. The zero-order valence-electron chi connectivity index (χ0n) is 10.9. The van der Waals surface area contributed by atoms with Gasteiger partial charge in [-0.25, -0.2) is 8.42 Å². The third kappa shape index (κ3) is 3.38. The maximum atomic E-state index is 12.3. The summed E-state index contributed by atoms with van der Waals surface area (Å²) in [5.74, 6) is 0. The fourth-order valence-electron chi connectivity index (χ4n) is 1.66. The van der Waals surface area contributed by atoms with E-state index >= 15 is 0 Å². The molecule has 0 spiro atoms. The minimum Gasteiger partial charge on any atom is -0.329 e. The van der Waals surface area contributed by atoms with Crippen molar-refractivity contribution < 1.29 is 8.42 Å². The van der Waals surface area contributed by atoms with Crippen LogP contribution in [-0.2, 0) is 16.6 Å². The molecule has 2 rings (SSSR count). The standard InChI is InChI=1S/C12H15BrN4O2S/c1-9-2-3-11(13)12(6-9)16-20(18,19)10-7-15-17(8-10)5-4-14/h2-3,6-8,16H,4-5,14H2,1H3. The maximum Gasteiger partial charge on any atom is 0.265 e. The van der Waals surface area contributed by atoms with Crippen LogP contribution < -0.4 is 10.5 Å². The Morgan fingerprint density at radius 2 is 2.20 bits per heavy atom. The molecule has 1 heterocycles. The van der Waals surface area contributed by atoms with Crippen LogP contribution in [0.2, 0.25) is 0 Å². The molecule has 0 aliphatic carbocycles. The largest absolute Gasteiger partial charge is 0.329 e. The Morgan fingerprint density at radius 3 is 2.90 bits per heavy atom. The Labute approximate surface area is 126 Å². The zero-order chi connectivity index (χ0) is 14.8. The van der Waals surface area contributed by atoms with Crippen LogP contribution in [0.5, 0.6) is 0 Å². The summed E-state index contributed by atoms with van der Waals surface area (Å²) in [6.07, 6.45) is 2.76. The van der Waals surface area contributed by atoms with Crippen molar-refractivity contribution in [3.05, 3.63) is 40.6 Å². The average Bonchev–Trinajstić information content (AvgIpc) is 2.83. The molecule has 0 amide bonds. The van der Waals surface area contributed by atoms with E-state index in [0.29, 0.717) is 23.2 Å². The Hall–Kier alpha value is -1.38. The number of nitrogens with two attached hydrogens (primary N) is 1. The molecule has 0 atom stereocenters. The molecular weight excluding hydrogens is 344 g/mol. The lowest BCUT2D eigenvalue weighted by molar-refractivity contribution is 0.599. The first kappa shape index (κ1) is 15.0. The molecule has 0 fully saturated rings. The van der Waals surface area contributed by atoms with E-state index < -0.39 is 10.0 Å². The summed E-state index contributed by atoms with van der Waals surface area (Å²) in [4.78, 5) is 0.111. The number of aryl methyl sites for hydroxylation is 1. The second kappa shape index (κ2) is 5.94. The second-order valence-electron chi connectivity index (χ2n) is 4.32. The van der Waals surface area contributed by atoms with E-state index in [1.165, 1.54) is 17.1 Å². The summed E-state index contributed by atoms with van der Waals surface area (Å²) in [7, 11) is -3.65. The Balaban J connectivity index is 2.28. The van der Waals surface area contributed by atoms with Gasteiger partial charge in [-0.3, -0.25) is 9.40 Å². The number of nitrogens with zero attached hydrogens (tertiary/aromatic N) is 2. The fraction of sp³-hybridized carbons (Fsp3) is 0.250. The predicted molar refractivity (Wildman–Crippen MR) is 81.0 cm³/mol. The molecule has 108 valence electrons. The van der Waals surface area contributed by atoms with Gasteiger partial charge < -0.3 is 5.73 Å². The van der Waals surface area contributed by atoms with Crippen LogP contribution >= 0.6 is 15.9 Å². The molecule has 3 N–H and O–H groups in total. The summed E-state index contributed by atoms with van der Waals surface area (Å²) < 4.78 is 29.3. The Morgan fingerprint density at radius 1 is 1.45 bits per heavy atom. The number of halogens is 1. The number of aromatic nitrogens is 2. The number of hydrogen-bond donors (Lipinski definition) is 2. The lowest BCUT2D eigenvalue weighted by atomic mass is 10.2. The van der Waals surface area contributed by atoms with Crippen LogP contribution in [0.3, 0.4) is 0 Å². The molecule has 0 aliphatic rings. The third-order valence-corrected chi connectivity index (χ3v) is 4.66. The Bertz CT molecular complexity index is 712. The molecule has 20 heavy (non-hydrogen) atoms. The van der Waals surface area contributed by atoms with E-state index in [1.807, 2.05) is 13.0 Å². The van der Waals surface area contributed by atoms with E-state index in [2.05, 4.69) is 25.8 Å². The lowest BCUT2D eigenvalue weighted by Crippen LogP contribution is -2.13. The van der Waals surface area contributed by atoms with Gasteiger partial charge in [0.2, 0.25) is 0 Å². The second-order valence-corrected chi connectivity index (χ2v) is 6.85. The Kier molecular flexibility index (Phi) is 4.46. The van der Waals surface area contributed by atoms with E-state index in [1.54, 1.807) is 12.1 Å². The molecule has 0 unspecified atom stereocenters. The highest BCUT2D eigenvalue weighted by Gasteiger charge is 2.17. The molecular formula is C12H15BrN4O2S. The normalized spacial score (nSPS) is 11.6. The van der Waals surface area contributed by atoms with Gasteiger partial charge in [-0.1, -0.05) is 6.07 Å². The van der Waals surface area contributed by atoms with Crippen LogP contribution in [0, 0.1) is 6.92 Å². The predicted octanol–water partition coefficient (Wildman–Crippen LogP) is 1.71. The molecule has 0 saturated carbocycles. The van der Waals surface area contributed by atoms with E-state index in [4.69, 9.17) is 5.73 Å². The summed E-state index contributed by atoms with van der Waals surface area (Å²) >= 11 is 3.32. The smallest absolute Gasteiger partial charge is 0.265 e. The maximum absolute atomic E-state index is 12.3. The van der Waals surface area contributed by atoms with Gasteiger partial charge in [0.15, 0.2) is 0 Å². The van der Waals surface area contributed by atoms with Crippen molar-refractivity contribution in [2.75, 3.05) is 11.3 Å². The highest BCUT2D eigenvalue weighted by Crippen LogP contribution is 2.25. The zero-order valence-corrected chi connectivity index (χ0v) is 13.3. The van der Waals surface area contributed by atoms with Gasteiger partial charge in [0.25, 0.3) is 10.0 Å². The van der Waals surface area contributed by atoms with Crippen molar-refractivity contribution in [3.63, 3.8) is 0 Å². The van der Waals surface area contributed by atoms with Crippen LogP contribution in [0.1, 0.15) is 5.56 Å². The molecule has 8 heteroatoms. The minimum atomic E-state index is -3.65. The van der Waals surface area contributed by atoms with Crippen molar-refractivity contribution in [2.24, 2.45) is 5.73 Å². The fourth-order valence-corrected chi connectivity index (χ4v) is 3.16. The highest BCUT2D eigenvalue weighted by atomic mass is 79.9. The molecule has 0 bridgehead atoms. The van der Waals surface area contributed by atoms with Crippen LogP contribution in [0.4, 0.5) is 5.69 Å². The first-order chi connectivity index (χ1) is 9.42. The van der Waals surface area contributed by atoms with Gasteiger partial charge in [0.1, 0.15) is 4.90 Å². The van der Waals surface area contributed by atoms with Crippen molar-refractivity contribution in [1.82, 2.24) is 9.78 Å². The molecule has 0 radical (unpaired) electrons. The van der Waals surface area contributed by atoms with Crippen molar-refractivity contribution in [2.45, 2.75) is 18.4 Å². The van der Waals surface area contributed by atoms with Gasteiger partial charge in [-0.2, -0.15) is 5.10 Å². The number of rotatable bonds is 5. The van der Waals surface area contributed by atoms with E-state index in [9.17, 15) is 8.42 Å². The van der Waals surface area contributed by atoms with Gasteiger partial charge in [0, 0.05) is 17.2 Å². The van der Waals surface area contributed by atoms with Crippen molar-refractivity contribution in [3.8, 4) is 0 Å². The van der Waals surface area contributed by atoms with E-state index in [0.717, 1.165) is 5.56 Å². The first-order valence-corrected chi connectivity index (χ1v) is 8.21. The van der Waals surface area contributed by atoms with Crippen LogP contribution in [-0.4, -0.2) is 24.7 Å². The number of hydrogen-bond acceptors (Lipinski definition) is 4. The highest BCUT2D eigenvalue weighted by molar-refractivity contribution is 9.10. The van der Waals surface area contributed by atoms with E-state index in [-0.39, 0.29) is 4.90 Å². The van der Waals surface area contributed by atoms with Crippen molar-refractivity contribution >= 4 is 31.6 Å². The SMILES string of the molecule is Cc1ccc(Br)c(NS(=O)(=O)c2cnn(CCN)c2)c1. The number of anilines is 1. The van der Waals surface area contributed by atoms with Gasteiger partial charge >= 0.3 is 0 Å². The third-order valence-electron chi connectivity index (χ3n) is 2.64. The molecule has 6 nitrogen and oxygen atoms in total. The molecule has 2 aromatic rings. The van der Waals surface area contributed by atoms with Gasteiger partial charge in [-0.15, -0.1) is 0 Å². The van der Waals surface area contributed by atoms with Crippen LogP contribution in [0.25, 0.3) is 0 Å². The average molecular weight is 359 g/mol. The minimum absolute atomic E-state index is 0.111. The van der Waals surface area contributed by atoms with Gasteiger partial charge in [0.05, 0.1) is 18.4 Å². The summed E-state index contributed by atoms with van der Waals surface area (Å²) in [5, 5.41) is 3.96. The summed E-state index contributed by atoms with van der Waals surface area (Å²) in [5.41, 5.74) is 6.87. The number of benzene rings is 1.